The quantitative estimate of drug-likeness (QED) is 0.366. The fourth-order valence-electron chi connectivity index (χ4n) is 7.30. The summed E-state index contributed by atoms with van der Waals surface area (Å²) in [5, 5.41) is 0. The molecule has 3 aliphatic rings. The van der Waals surface area contributed by atoms with Gasteiger partial charge in [-0.25, -0.2) is 0 Å². The maximum atomic E-state index is 4.45. The molecule has 4 atom stereocenters. The van der Waals surface area contributed by atoms with Crippen LogP contribution in [0.4, 0.5) is 0 Å². The minimum Gasteiger partial charge on any atom is -0.0986 e. The largest absolute Gasteiger partial charge is 0.0986 e. The van der Waals surface area contributed by atoms with Gasteiger partial charge in [-0.3, -0.25) is 0 Å². The Balaban J connectivity index is 1.44. The van der Waals surface area contributed by atoms with Crippen LogP contribution in [0, 0.1) is 42.9 Å². The molecule has 37 heavy (non-hydrogen) atoms. The zero-order valence-corrected chi connectivity index (χ0v) is 24.1. The molecule has 3 aliphatic carbocycles. The fraction of sp³-hybridized carbons (Fsp3) is 0.459. The summed E-state index contributed by atoms with van der Waals surface area (Å²) >= 11 is 0. The van der Waals surface area contributed by atoms with Gasteiger partial charge in [-0.1, -0.05) is 106 Å². The number of allylic oxidation sites excluding steroid dienone is 5. The minimum atomic E-state index is 0.359. The van der Waals surface area contributed by atoms with E-state index >= 15 is 0 Å². The Kier molecular flexibility index (Phi) is 6.99. The maximum Gasteiger partial charge on any atom is 0.00826 e. The third kappa shape index (κ3) is 5.09. The van der Waals surface area contributed by atoms with Crippen LogP contribution in [0.15, 0.2) is 72.4 Å². The van der Waals surface area contributed by atoms with Crippen LogP contribution in [-0.2, 0) is 12.8 Å². The molecule has 0 bridgehead atoms. The van der Waals surface area contributed by atoms with Crippen molar-refractivity contribution in [1.29, 1.82) is 0 Å². The summed E-state index contributed by atoms with van der Waals surface area (Å²) in [7, 11) is 0. The van der Waals surface area contributed by atoms with Crippen molar-refractivity contribution in [3.05, 3.63) is 100 Å². The van der Waals surface area contributed by atoms with Crippen LogP contribution < -0.4 is 0 Å². The average molecular weight is 491 g/mol. The van der Waals surface area contributed by atoms with Crippen LogP contribution >= 0.6 is 0 Å². The van der Waals surface area contributed by atoms with Crippen molar-refractivity contribution in [2.75, 3.05) is 0 Å². The molecule has 0 heterocycles. The summed E-state index contributed by atoms with van der Waals surface area (Å²) in [6, 6.07) is 11.8. The van der Waals surface area contributed by atoms with Crippen LogP contribution in [0.5, 0.6) is 0 Å². The molecule has 2 aromatic rings. The molecule has 194 valence electrons. The lowest BCUT2D eigenvalue weighted by Crippen LogP contribution is -2.31. The lowest BCUT2D eigenvalue weighted by molar-refractivity contribution is 0.107. The zero-order chi connectivity index (χ0) is 26.5. The van der Waals surface area contributed by atoms with Crippen molar-refractivity contribution in [2.45, 2.75) is 80.1 Å². The molecule has 0 N–H and O–H groups in total. The van der Waals surface area contributed by atoms with E-state index < -0.39 is 0 Å². The lowest BCUT2D eigenvalue weighted by atomic mass is 9.64. The molecule has 1 saturated carbocycles. The molecule has 0 radical (unpaired) electrons. The molecular formula is C37H46. The van der Waals surface area contributed by atoms with Crippen LogP contribution in [0.25, 0.3) is 17.2 Å². The summed E-state index contributed by atoms with van der Waals surface area (Å²) < 4.78 is 0. The maximum absolute atomic E-state index is 4.45. The first-order valence-electron chi connectivity index (χ1n) is 14.5. The summed E-state index contributed by atoms with van der Waals surface area (Å²) in [4.78, 5) is 0. The second kappa shape index (κ2) is 9.94. The lowest BCUT2D eigenvalue weighted by Gasteiger charge is -2.41. The number of benzene rings is 2. The highest BCUT2D eigenvalue weighted by Gasteiger charge is 2.34. The van der Waals surface area contributed by atoms with Gasteiger partial charge in [0.15, 0.2) is 0 Å². The molecule has 2 aromatic carbocycles. The molecule has 0 aromatic heterocycles. The highest BCUT2D eigenvalue weighted by Crippen LogP contribution is 2.46. The Bertz CT molecular complexity index is 1290. The van der Waals surface area contributed by atoms with E-state index in [1.165, 1.54) is 75.8 Å². The Morgan fingerprint density at radius 2 is 1.76 bits per heavy atom. The summed E-state index contributed by atoms with van der Waals surface area (Å²) in [6.07, 6.45) is 14.2. The summed E-state index contributed by atoms with van der Waals surface area (Å²) in [6.45, 7) is 23.1. The second-order valence-corrected chi connectivity index (χ2v) is 13.3. The van der Waals surface area contributed by atoms with E-state index in [2.05, 4.69) is 103 Å². The number of rotatable bonds is 5. The molecule has 0 spiro atoms. The Morgan fingerprint density at radius 1 is 0.973 bits per heavy atom. The van der Waals surface area contributed by atoms with Crippen LogP contribution in [0.3, 0.4) is 0 Å². The fourth-order valence-corrected chi connectivity index (χ4v) is 7.30. The highest BCUT2D eigenvalue weighted by atomic mass is 14.4. The van der Waals surface area contributed by atoms with Crippen LogP contribution in [-0.4, -0.2) is 0 Å². The molecule has 0 nitrogen and oxygen atoms in total. The summed E-state index contributed by atoms with van der Waals surface area (Å²) in [5.74, 6) is 2.38. The van der Waals surface area contributed by atoms with E-state index in [0.717, 1.165) is 24.7 Å². The predicted molar refractivity (Wildman–Crippen MR) is 162 cm³/mol. The Hall–Kier alpha value is -2.60. The van der Waals surface area contributed by atoms with Crippen molar-refractivity contribution >= 4 is 6.08 Å². The highest BCUT2D eigenvalue weighted by molar-refractivity contribution is 5.80. The van der Waals surface area contributed by atoms with E-state index in [4.69, 9.17) is 0 Å². The van der Waals surface area contributed by atoms with Crippen molar-refractivity contribution < 1.29 is 0 Å². The SMILES string of the molecule is C=C1C=CC(C)C(=C)C1CC1=Cc2cccc(-c3cc(C)cc(C)c3CC3CCC(C)C(C)(C)C3)c2C1. The third-order valence-corrected chi connectivity index (χ3v) is 10.1. The van der Waals surface area contributed by atoms with E-state index in [9.17, 15) is 0 Å². The molecule has 0 saturated heterocycles. The molecule has 0 amide bonds. The number of hydrogen-bond acceptors (Lipinski definition) is 0. The van der Waals surface area contributed by atoms with E-state index in [1.807, 2.05) is 0 Å². The van der Waals surface area contributed by atoms with Gasteiger partial charge in [0.25, 0.3) is 0 Å². The van der Waals surface area contributed by atoms with E-state index in [0.29, 0.717) is 17.3 Å². The average Bonchev–Trinajstić information content (AvgIpc) is 3.26. The molecule has 4 unspecified atom stereocenters. The number of fused-ring (bicyclic) bond motifs is 1. The monoisotopic (exact) mass is 490 g/mol. The van der Waals surface area contributed by atoms with Gasteiger partial charge in [0.05, 0.1) is 0 Å². The first-order valence-corrected chi connectivity index (χ1v) is 14.5. The van der Waals surface area contributed by atoms with Crippen LogP contribution in [0.2, 0.25) is 0 Å². The van der Waals surface area contributed by atoms with Crippen molar-refractivity contribution in [1.82, 2.24) is 0 Å². The van der Waals surface area contributed by atoms with E-state index in [1.54, 1.807) is 5.56 Å². The van der Waals surface area contributed by atoms with Gasteiger partial charge in [-0.15, -0.1) is 0 Å². The number of hydrogen-bond donors (Lipinski definition) is 0. The first kappa shape index (κ1) is 26.0. The van der Waals surface area contributed by atoms with Crippen molar-refractivity contribution in [3.63, 3.8) is 0 Å². The topological polar surface area (TPSA) is 0 Å². The standard InChI is InChI=1S/C37H46/c1-23-16-26(4)34(19-29-15-14-27(5)37(7,8)22-29)36(17-23)32-11-9-10-31-18-30(21-35(31)32)20-33-25(3)13-12-24(2)28(33)6/h9-13,16-18,24,27,29,33H,3,6,14-15,19-22H2,1-2,4-5,7-8H3. The van der Waals surface area contributed by atoms with Gasteiger partial charge in [0, 0.05) is 5.92 Å². The second-order valence-electron chi connectivity index (χ2n) is 13.3. The van der Waals surface area contributed by atoms with Gasteiger partial charge >= 0.3 is 0 Å². The number of aryl methyl sites for hydroxylation is 2. The summed E-state index contributed by atoms with van der Waals surface area (Å²) in [5.41, 5.74) is 14.7. The third-order valence-electron chi connectivity index (χ3n) is 10.1. The minimum absolute atomic E-state index is 0.359. The smallest absolute Gasteiger partial charge is 0.00826 e. The molecular weight excluding hydrogens is 444 g/mol. The van der Waals surface area contributed by atoms with Gasteiger partial charge in [0.1, 0.15) is 0 Å². The molecule has 1 fully saturated rings. The van der Waals surface area contributed by atoms with E-state index in [-0.39, 0.29) is 0 Å². The zero-order valence-electron chi connectivity index (χ0n) is 24.1. The van der Waals surface area contributed by atoms with Gasteiger partial charge in [0.2, 0.25) is 0 Å². The van der Waals surface area contributed by atoms with Crippen molar-refractivity contribution in [3.8, 4) is 11.1 Å². The Labute approximate surface area is 226 Å². The van der Waals surface area contributed by atoms with Crippen LogP contribution in [0.1, 0.15) is 81.2 Å². The molecule has 0 aliphatic heterocycles. The van der Waals surface area contributed by atoms with Crippen molar-refractivity contribution in [2.24, 2.45) is 29.1 Å². The van der Waals surface area contributed by atoms with Gasteiger partial charge in [-0.05, 0) is 114 Å². The molecule has 0 heteroatoms. The normalized spacial score (nSPS) is 26.8. The predicted octanol–water partition coefficient (Wildman–Crippen LogP) is 10.2. The first-order chi connectivity index (χ1) is 17.5. The van der Waals surface area contributed by atoms with Gasteiger partial charge in [-0.2, -0.15) is 0 Å². The Morgan fingerprint density at radius 3 is 2.51 bits per heavy atom. The van der Waals surface area contributed by atoms with Gasteiger partial charge < -0.3 is 0 Å². The molecule has 5 rings (SSSR count).